The molecule has 0 bridgehead atoms. The van der Waals surface area contributed by atoms with Gasteiger partial charge in [0, 0.05) is 32.6 Å². The average molecular weight is 337 g/mol. The van der Waals surface area contributed by atoms with Gasteiger partial charge in [0.25, 0.3) is 0 Å². The molecule has 0 aromatic rings. The summed E-state index contributed by atoms with van der Waals surface area (Å²) in [6.45, 7) is 6.10. The number of nitrogens with one attached hydrogen (secondary N) is 1. The second-order valence-electron chi connectivity index (χ2n) is 5.82. The van der Waals surface area contributed by atoms with Crippen LogP contribution in [0.15, 0.2) is 4.99 Å². The Hall–Kier alpha value is -1.47. The van der Waals surface area contributed by atoms with Gasteiger partial charge in [-0.2, -0.15) is 13.2 Å². The van der Waals surface area contributed by atoms with Gasteiger partial charge in [0.2, 0.25) is 0 Å². The smallest absolute Gasteiger partial charge is 0.389 e. The third-order valence-corrected chi connectivity index (χ3v) is 3.88. The SMILES string of the molecule is CCNC(=NCCCCC(F)(F)F)N1CC(C)C(C(=O)OC)C1. The van der Waals surface area contributed by atoms with Crippen LogP contribution in [0.4, 0.5) is 13.2 Å². The highest BCUT2D eigenvalue weighted by Crippen LogP contribution is 2.24. The molecule has 1 aliphatic heterocycles. The van der Waals surface area contributed by atoms with E-state index >= 15 is 0 Å². The zero-order chi connectivity index (χ0) is 17.5. The standard InChI is InChI=1S/C15H26F3N3O2/c1-4-19-14(20-8-6-5-7-15(16,17)18)21-9-11(2)12(10-21)13(22)23-3/h11-12H,4-10H2,1-3H3,(H,19,20). The maximum absolute atomic E-state index is 12.1. The fraction of sp³-hybridized carbons (Fsp3) is 0.867. The van der Waals surface area contributed by atoms with Crippen LogP contribution in [-0.4, -0.2) is 56.3 Å². The van der Waals surface area contributed by atoms with E-state index in [9.17, 15) is 18.0 Å². The summed E-state index contributed by atoms with van der Waals surface area (Å²) in [4.78, 5) is 18.1. The number of halogens is 3. The number of hydrogen-bond donors (Lipinski definition) is 1. The van der Waals surface area contributed by atoms with Crippen molar-refractivity contribution in [1.82, 2.24) is 10.2 Å². The summed E-state index contributed by atoms with van der Waals surface area (Å²) < 4.78 is 41.1. The molecule has 1 aliphatic rings. The number of unbranched alkanes of at least 4 members (excludes halogenated alkanes) is 1. The Morgan fingerprint density at radius 3 is 2.61 bits per heavy atom. The van der Waals surface area contributed by atoms with Crippen LogP contribution >= 0.6 is 0 Å². The summed E-state index contributed by atoms with van der Waals surface area (Å²) in [5.74, 6) is 0.365. The van der Waals surface area contributed by atoms with Gasteiger partial charge in [0.05, 0.1) is 13.0 Å². The fourth-order valence-electron chi connectivity index (χ4n) is 2.65. The molecular weight excluding hydrogens is 311 g/mol. The monoisotopic (exact) mass is 337 g/mol. The van der Waals surface area contributed by atoms with Crippen LogP contribution in [0.3, 0.4) is 0 Å². The molecular formula is C15H26F3N3O2. The van der Waals surface area contributed by atoms with Crippen molar-refractivity contribution < 1.29 is 22.7 Å². The van der Waals surface area contributed by atoms with Gasteiger partial charge >= 0.3 is 12.1 Å². The summed E-state index contributed by atoms with van der Waals surface area (Å²) in [7, 11) is 1.37. The van der Waals surface area contributed by atoms with Crippen molar-refractivity contribution in [2.75, 3.05) is 33.3 Å². The van der Waals surface area contributed by atoms with Gasteiger partial charge < -0.3 is 15.0 Å². The predicted octanol–water partition coefficient (Wildman–Crippen LogP) is 2.43. The molecule has 0 saturated carbocycles. The number of aliphatic imine (C=N–C) groups is 1. The lowest BCUT2D eigenvalue weighted by molar-refractivity contribution is -0.146. The van der Waals surface area contributed by atoms with Gasteiger partial charge in [0.1, 0.15) is 0 Å². The van der Waals surface area contributed by atoms with Crippen LogP contribution in [0.25, 0.3) is 0 Å². The molecule has 1 N–H and O–H groups in total. The minimum Gasteiger partial charge on any atom is -0.469 e. The minimum absolute atomic E-state index is 0.0770. The first kappa shape index (κ1) is 19.6. The molecule has 0 spiro atoms. The summed E-state index contributed by atoms with van der Waals surface area (Å²) >= 11 is 0. The zero-order valence-electron chi connectivity index (χ0n) is 13.9. The van der Waals surface area contributed by atoms with E-state index in [0.717, 1.165) is 0 Å². The highest BCUT2D eigenvalue weighted by molar-refractivity contribution is 5.82. The number of esters is 1. The number of likely N-dealkylation sites (tertiary alicyclic amines) is 1. The van der Waals surface area contributed by atoms with E-state index in [2.05, 4.69) is 10.3 Å². The number of nitrogens with zero attached hydrogens (tertiary/aromatic N) is 2. The lowest BCUT2D eigenvalue weighted by Gasteiger charge is -2.21. The first-order chi connectivity index (χ1) is 10.8. The fourth-order valence-corrected chi connectivity index (χ4v) is 2.65. The van der Waals surface area contributed by atoms with Crippen LogP contribution < -0.4 is 5.32 Å². The van der Waals surface area contributed by atoms with Crippen LogP contribution in [0, 0.1) is 11.8 Å². The molecule has 0 aliphatic carbocycles. The topological polar surface area (TPSA) is 53.9 Å². The number of carbonyl (C=O) groups excluding carboxylic acids is 1. The second-order valence-corrected chi connectivity index (χ2v) is 5.82. The highest BCUT2D eigenvalue weighted by atomic mass is 19.4. The van der Waals surface area contributed by atoms with E-state index < -0.39 is 12.6 Å². The third kappa shape index (κ3) is 6.66. The van der Waals surface area contributed by atoms with Crippen molar-refractivity contribution in [3.63, 3.8) is 0 Å². The Balaban J connectivity index is 2.54. The van der Waals surface area contributed by atoms with Gasteiger partial charge in [-0.1, -0.05) is 6.92 Å². The molecule has 1 saturated heterocycles. The Morgan fingerprint density at radius 1 is 1.35 bits per heavy atom. The Kier molecular flexibility index (Phi) is 7.64. The van der Waals surface area contributed by atoms with Gasteiger partial charge in [-0.25, -0.2) is 0 Å². The van der Waals surface area contributed by atoms with Gasteiger partial charge in [-0.3, -0.25) is 9.79 Å². The van der Waals surface area contributed by atoms with Crippen LogP contribution in [0.5, 0.6) is 0 Å². The summed E-state index contributed by atoms with van der Waals surface area (Å²) in [5, 5.41) is 3.13. The lowest BCUT2D eigenvalue weighted by Crippen LogP contribution is -2.40. The molecule has 2 unspecified atom stereocenters. The van der Waals surface area contributed by atoms with E-state index in [1.807, 2.05) is 18.7 Å². The Morgan fingerprint density at radius 2 is 2.04 bits per heavy atom. The second kappa shape index (κ2) is 8.98. The molecule has 0 amide bonds. The number of guanidine groups is 1. The van der Waals surface area contributed by atoms with Gasteiger partial charge in [-0.05, 0) is 25.7 Å². The number of carbonyl (C=O) groups is 1. The van der Waals surface area contributed by atoms with Crippen molar-refractivity contribution in [3.05, 3.63) is 0 Å². The molecule has 1 fully saturated rings. The molecule has 134 valence electrons. The normalized spacial score (nSPS) is 22.3. The summed E-state index contributed by atoms with van der Waals surface area (Å²) in [6, 6.07) is 0. The molecule has 5 nitrogen and oxygen atoms in total. The van der Waals surface area contributed by atoms with Crippen molar-refractivity contribution in [2.45, 2.75) is 39.3 Å². The third-order valence-electron chi connectivity index (χ3n) is 3.88. The van der Waals surface area contributed by atoms with E-state index in [4.69, 9.17) is 4.74 Å². The maximum atomic E-state index is 12.1. The summed E-state index contributed by atoms with van der Waals surface area (Å²) in [6.07, 6.45) is -4.41. The molecule has 1 heterocycles. The molecule has 2 atom stereocenters. The minimum atomic E-state index is -4.10. The average Bonchev–Trinajstić information content (AvgIpc) is 2.85. The summed E-state index contributed by atoms with van der Waals surface area (Å²) in [5.41, 5.74) is 0. The van der Waals surface area contributed by atoms with Crippen LogP contribution in [0.1, 0.15) is 33.1 Å². The van der Waals surface area contributed by atoms with E-state index in [1.54, 1.807) is 0 Å². The van der Waals surface area contributed by atoms with E-state index in [-0.39, 0.29) is 24.2 Å². The van der Waals surface area contributed by atoms with Crippen LogP contribution in [0.2, 0.25) is 0 Å². The molecule has 23 heavy (non-hydrogen) atoms. The number of alkyl halides is 3. The van der Waals surface area contributed by atoms with Gasteiger partial charge in [0.15, 0.2) is 5.96 Å². The molecule has 0 radical (unpaired) electrons. The van der Waals surface area contributed by atoms with Crippen molar-refractivity contribution >= 4 is 11.9 Å². The van der Waals surface area contributed by atoms with Crippen molar-refractivity contribution in [2.24, 2.45) is 16.8 Å². The Labute approximate surface area is 135 Å². The maximum Gasteiger partial charge on any atom is 0.389 e. The lowest BCUT2D eigenvalue weighted by atomic mass is 9.99. The van der Waals surface area contributed by atoms with E-state index in [0.29, 0.717) is 38.6 Å². The number of rotatable bonds is 6. The number of ether oxygens (including phenoxy) is 1. The van der Waals surface area contributed by atoms with Crippen LogP contribution in [-0.2, 0) is 9.53 Å². The molecule has 8 heteroatoms. The van der Waals surface area contributed by atoms with Crippen molar-refractivity contribution in [1.29, 1.82) is 0 Å². The van der Waals surface area contributed by atoms with E-state index in [1.165, 1.54) is 7.11 Å². The molecule has 0 aromatic carbocycles. The quantitative estimate of drug-likeness (QED) is 0.350. The Bertz CT molecular complexity index is 413. The first-order valence-corrected chi connectivity index (χ1v) is 7.96. The van der Waals surface area contributed by atoms with Crippen molar-refractivity contribution in [3.8, 4) is 0 Å². The largest absolute Gasteiger partial charge is 0.469 e. The molecule has 0 aromatic heterocycles. The predicted molar refractivity (Wildman–Crippen MR) is 82.1 cm³/mol. The number of methoxy groups -OCH3 is 1. The number of hydrogen-bond acceptors (Lipinski definition) is 3. The molecule has 1 rings (SSSR count). The first-order valence-electron chi connectivity index (χ1n) is 7.96. The highest BCUT2D eigenvalue weighted by Gasteiger charge is 2.36. The van der Waals surface area contributed by atoms with Gasteiger partial charge in [-0.15, -0.1) is 0 Å². The zero-order valence-corrected chi connectivity index (χ0v) is 13.9.